The summed E-state index contributed by atoms with van der Waals surface area (Å²) in [6.07, 6.45) is 0. The van der Waals surface area contributed by atoms with Crippen LogP contribution in [0.25, 0.3) is 144 Å². The standard InChI is InChI=1S/C73H39N11/c74-40-44-22-30-65-57(34-44)51-14-4-8-18-61(51)81(65)49-26-28-55(69(38-49)83-63-20-10-6-16-53(63)59-36-46(42-76)24-32-67(59)83)72-78-71(48-12-2-1-3-13-48)79-73(80-72)56-29-27-50(82-62-19-9-5-15-52(62)58-35-45(41-75)23-31-66(58)82)39-70(56)84-64-21-11-7-17-54(64)60-37-47(43-77)25-33-68(60)84/h1-39H. The van der Waals surface area contributed by atoms with Crippen molar-refractivity contribution < 1.29 is 0 Å². The van der Waals surface area contributed by atoms with Crippen molar-refractivity contribution in [2.45, 2.75) is 0 Å². The van der Waals surface area contributed by atoms with E-state index < -0.39 is 0 Å². The van der Waals surface area contributed by atoms with Gasteiger partial charge in [-0.05, 0) is 133 Å². The van der Waals surface area contributed by atoms with Crippen LogP contribution in [0.5, 0.6) is 0 Å². The van der Waals surface area contributed by atoms with Crippen molar-refractivity contribution in [2.24, 2.45) is 0 Å². The lowest BCUT2D eigenvalue weighted by molar-refractivity contribution is 1.05. The minimum Gasteiger partial charge on any atom is -0.309 e. The van der Waals surface area contributed by atoms with E-state index in [0.29, 0.717) is 39.7 Å². The normalized spacial score (nSPS) is 11.5. The quantitative estimate of drug-likeness (QED) is 0.154. The van der Waals surface area contributed by atoms with Crippen molar-refractivity contribution in [3.05, 3.63) is 259 Å². The van der Waals surface area contributed by atoms with E-state index in [1.54, 1.807) is 0 Å². The molecule has 0 saturated carbocycles. The molecule has 11 heteroatoms. The molecule has 0 bridgehead atoms. The SMILES string of the molecule is N#Cc1ccc2c(c1)c1ccccc1n2-c1ccc(-c2nc(-c3ccccc3)nc(-c3ccc(-n4c5ccccc5c5cc(C#N)ccc54)cc3-n3c4ccccc4c4cc(C#N)ccc43)n2)c(-n2c3ccccc3c3cc(C#N)ccc32)c1. The van der Waals surface area contributed by atoms with Gasteiger partial charge >= 0.3 is 0 Å². The van der Waals surface area contributed by atoms with Gasteiger partial charge in [0.25, 0.3) is 0 Å². The average Bonchev–Trinajstić information content (AvgIpc) is 3.27. The molecule has 11 nitrogen and oxygen atoms in total. The lowest BCUT2D eigenvalue weighted by Gasteiger charge is -2.19. The van der Waals surface area contributed by atoms with Gasteiger partial charge in [-0.3, -0.25) is 0 Å². The summed E-state index contributed by atoms with van der Waals surface area (Å²) in [7, 11) is 0. The van der Waals surface area contributed by atoms with E-state index in [4.69, 9.17) is 15.0 Å². The van der Waals surface area contributed by atoms with Crippen molar-refractivity contribution in [3.63, 3.8) is 0 Å². The fraction of sp³-hybridized carbons (Fsp3) is 0. The number of fused-ring (bicyclic) bond motifs is 12. The van der Waals surface area contributed by atoms with E-state index in [9.17, 15) is 21.0 Å². The molecule has 0 spiro atoms. The van der Waals surface area contributed by atoms with Gasteiger partial charge in [0.05, 0.1) is 102 Å². The van der Waals surface area contributed by atoms with Gasteiger partial charge in [0, 0.05) is 71.2 Å². The first-order chi connectivity index (χ1) is 41.5. The van der Waals surface area contributed by atoms with Gasteiger partial charge in [-0.1, -0.05) is 103 Å². The molecule has 0 radical (unpaired) electrons. The first kappa shape index (κ1) is 47.6. The third kappa shape index (κ3) is 7.18. The molecule has 0 aliphatic carbocycles. The maximum absolute atomic E-state index is 10.2. The number of hydrogen-bond donors (Lipinski definition) is 0. The first-order valence-electron chi connectivity index (χ1n) is 27.3. The van der Waals surface area contributed by atoms with E-state index in [-0.39, 0.29) is 0 Å². The van der Waals surface area contributed by atoms with Crippen molar-refractivity contribution in [2.75, 3.05) is 0 Å². The van der Waals surface area contributed by atoms with E-state index in [1.165, 1.54) is 0 Å². The van der Waals surface area contributed by atoms with Crippen LogP contribution < -0.4 is 0 Å². The highest BCUT2D eigenvalue weighted by molar-refractivity contribution is 6.13. The molecule has 0 unspecified atom stereocenters. The van der Waals surface area contributed by atoms with Gasteiger partial charge in [-0.25, -0.2) is 15.0 Å². The molecular formula is C73H39N11. The molecule has 0 saturated heterocycles. The Morgan fingerprint density at radius 1 is 0.250 bits per heavy atom. The predicted molar refractivity (Wildman–Crippen MR) is 332 cm³/mol. The van der Waals surface area contributed by atoms with E-state index in [1.807, 2.05) is 152 Å². The topological polar surface area (TPSA) is 154 Å². The zero-order valence-corrected chi connectivity index (χ0v) is 44.4. The van der Waals surface area contributed by atoms with Crippen LogP contribution in [0.4, 0.5) is 0 Å². The van der Waals surface area contributed by atoms with Gasteiger partial charge in [-0.15, -0.1) is 0 Å². The Morgan fingerprint density at radius 2 is 0.548 bits per heavy atom. The zero-order chi connectivity index (χ0) is 56.2. The summed E-state index contributed by atoms with van der Waals surface area (Å²) in [6, 6.07) is 88.5. The maximum Gasteiger partial charge on any atom is 0.166 e. The molecule has 84 heavy (non-hydrogen) atoms. The Labute approximate surface area is 479 Å². The molecular weight excluding hydrogens is 1030 g/mol. The number of nitrogens with zero attached hydrogens (tertiary/aromatic N) is 11. The van der Waals surface area contributed by atoms with Crippen molar-refractivity contribution >= 4 is 87.2 Å². The van der Waals surface area contributed by atoms with Crippen LogP contribution in [-0.2, 0) is 0 Å². The second-order valence-electron chi connectivity index (χ2n) is 20.9. The van der Waals surface area contributed by atoms with Gasteiger partial charge < -0.3 is 18.3 Å². The summed E-state index contributed by atoms with van der Waals surface area (Å²) in [5.41, 5.74) is 15.3. The number of hydrogen-bond acceptors (Lipinski definition) is 7. The number of aromatic nitrogens is 7. The summed E-state index contributed by atoms with van der Waals surface area (Å²) in [4.78, 5) is 16.5. The molecule has 16 rings (SSSR count). The summed E-state index contributed by atoms with van der Waals surface area (Å²) >= 11 is 0. The number of para-hydroxylation sites is 4. The number of benzene rings is 11. The maximum atomic E-state index is 10.2. The van der Waals surface area contributed by atoms with Crippen molar-refractivity contribution in [1.82, 2.24) is 33.2 Å². The summed E-state index contributed by atoms with van der Waals surface area (Å²) < 4.78 is 8.98. The minimum atomic E-state index is 0.424. The van der Waals surface area contributed by atoms with Crippen LogP contribution in [0.3, 0.4) is 0 Å². The fourth-order valence-corrected chi connectivity index (χ4v) is 12.6. The second kappa shape index (κ2) is 18.6. The number of nitriles is 4. The lowest BCUT2D eigenvalue weighted by Crippen LogP contribution is -2.07. The molecule has 0 aliphatic rings. The van der Waals surface area contributed by atoms with E-state index in [0.717, 1.165) is 127 Å². The molecule has 5 heterocycles. The summed E-state index contributed by atoms with van der Waals surface area (Å²) in [5.74, 6) is 1.31. The third-order valence-electron chi connectivity index (χ3n) is 16.3. The third-order valence-corrected chi connectivity index (χ3v) is 16.3. The van der Waals surface area contributed by atoms with Crippen LogP contribution >= 0.6 is 0 Å². The Bertz CT molecular complexity index is 5360. The highest BCUT2D eigenvalue weighted by atomic mass is 15.1. The fourth-order valence-electron chi connectivity index (χ4n) is 12.6. The molecule has 16 aromatic rings. The molecule has 0 atom stereocenters. The van der Waals surface area contributed by atoms with Gasteiger partial charge in [0.1, 0.15) is 0 Å². The molecule has 0 aliphatic heterocycles. The van der Waals surface area contributed by atoms with Gasteiger partial charge in [0.15, 0.2) is 17.5 Å². The highest BCUT2D eigenvalue weighted by Crippen LogP contribution is 2.43. The van der Waals surface area contributed by atoms with Crippen LogP contribution in [0.1, 0.15) is 22.3 Å². The van der Waals surface area contributed by atoms with Crippen molar-refractivity contribution in [1.29, 1.82) is 21.0 Å². The Balaban J connectivity index is 1.01. The van der Waals surface area contributed by atoms with E-state index in [2.05, 4.69) is 127 Å². The van der Waals surface area contributed by atoms with Crippen LogP contribution in [-0.4, -0.2) is 33.2 Å². The van der Waals surface area contributed by atoms with Gasteiger partial charge in [0.2, 0.25) is 0 Å². The predicted octanol–water partition coefficient (Wildman–Crippen LogP) is 16.7. The van der Waals surface area contributed by atoms with Gasteiger partial charge in [-0.2, -0.15) is 21.0 Å². The lowest BCUT2D eigenvalue weighted by atomic mass is 10.1. The zero-order valence-electron chi connectivity index (χ0n) is 44.4. The molecule has 0 amide bonds. The summed E-state index contributed by atoms with van der Waals surface area (Å²) in [6.45, 7) is 0. The largest absolute Gasteiger partial charge is 0.309 e. The van der Waals surface area contributed by atoms with Crippen LogP contribution in [0.2, 0.25) is 0 Å². The molecule has 11 aromatic carbocycles. The monoisotopic (exact) mass is 1070 g/mol. The number of rotatable bonds is 7. The van der Waals surface area contributed by atoms with Crippen molar-refractivity contribution in [3.8, 4) is 81.2 Å². The molecule has 386 valence electrons. The highest BCUT2D eigenvalue weighted by Gasteiger charge is 2.25. The molecule has 0 N–H and O–H groups in total. The minimum absolute atomic E-state index is 0.424. The van der Waals surface area contributed by atoms with Crippen LogP contribution in [0, 0.1) is 45.3 Å². The first-order valence-corrected chi connectivity index (χ1v) is 27.3. The van der Waals surface area contributed by atoms with Crippen LogP contribution in [0.15, 0.2) is 237 Å². The molecule has 0 fully saturated rings. The smallest absolute Gasteiger partial charge is 0.166 e. The summed E-state index contributed by atoms with van der Waals surface area (Å²) in [5, 5.41) is 48.3. The Morgan fingerprint density at radius 3 is 0.905 bits per heavy atom. The molecule has 5 aromatic heterocycles. The Kier molecular flexibility index (Phi) is 10.5. The average molecular weight is 1070 g/mol. The second-order valence-corrected chi connectivity index (χ2v) is 20.9. The Hall–Kier alpha value is -12.4. The van der Waals surface area contributed by atoms with E-state index >= 15 is 0 Å².